The second-order valence-corrected chi connectivity index (χ2v) is 5.02. The first-order chi connectivity index (χ1) is 11.0. The molecule has 0 aliphatic heterocycles. The van der Waals surface area contributed by atoms with Gasteiger partial charge in [0.25, 0.3) is 5.56 Å². The maximum atomic E-state index is 11.6. The summed E-state index contributed by atoms with van der Waals surface area (Å²) in [5.74, 6) is 1.06. The molecule has 2 rings (SSSR count). The molecular formula is C14H21N7O2. The van der Waals surface area contributed by atoms with Crippen LogP contribution in [0.25, 0.3) is 0 Å². The van der Waals surface area contributed by atoms with Gasteiger partial charge in [0.15, 0.2) is 0 Å². The SMILES string of the molecule is CCNc1nc(NC(C)C)nc(Oc2ccc(=O)n(CC)n2)n1. The van der Waals surface area contributed by atoms with Crippen molar-refractivity contribution in [1.82, 2.24) is 24.7 Å². The van der Waals surface area contributed by atoms with Crippen molar-refractivity contribution in [1.29, 1.82) is 0 Å². The van der Waals surface area contributed by atoms with Crippen LogP contribution in [0.4, 0.5) is 11.9 Å². The van der Waals surface area contributed by atoms with Crippen LogP contribution in [-0.4, -0.2) is 37.3 Å². The molecule has 0 saturated carbocycles. The van der Waals surface area contributed by atoms with Gasteiger partial charge < -0.3 is 15.4 Å². The van der Waals surface area contributed by atoms with Crippen LogP contribution in [0, 0.1) is 0 Å². The van der Waals surface area contributed by atoms with E-state index in [1.54, 1.807) is 0 Å². The second-order valence-electron chi connectivity index (χ2n) is 5.02. The minimum atomic E-state index is -0.189. The number of nitrogens with one attached hydrogen (secondary N) is 2. The van der Waals surface area contributed by atoms with Gasteiger partial charge in [-0.3, -0.25) is 4.79 Å². The van der Waals surface area contributed by atoms with Crippen molar-refractivity contribution in [3.63, 3.8) is 0 Å². The molecule has 2 N–H and O–H groups in total. The molecule has 0 unspecified atom stereocenters. The van der Waals surface area contributed by atoms with Crippen molar-refractivity contribution < 1.29 is 4.74 Å². The Morgan fingerprint density at radius 3 is 2.57 bits per heavy atom. The Labute approximate surface area is 134 Å². The van der Waals surface area contributed by atoms with Crippen LogP contribution in [0.15, 0.2) is 16.9 Å². The average molecular weight is 319 g/mol. The van der Waals surface area contributed by atoms with E-state index in [9.17, 15) is 4.79 Å². The Hall–Kier alpha value is -2.71. The molecule has 9 nitrogen and oxygen atoms in total. The lowest BCUT2D eigenvalue weighted by Crippen LogP contribution is -2.21. The van der Waals surface area contributed by atoms with Gasteiger partial charge in [0, 0.05) is 31.3 Å². The molecule has 0 spiro atoms. The predicted molar refractivity (Wildman–Crippen MR) is 87.0 cm³/mol. The molecule has 0 bridgehead atoms. The maximum Gasteiger partial charge on any atom is 0.330 e. The lowest BCUT2D eigenvalue weighted by molar-refractivity contribution is 0.401. The topological polar surface area (TPSA) is 107 Å². The third-order valence-corrected chi connectivity index (χ3v) is 2.71. The number of hydrogen-bond acceptors (Lipinski definition) is 8. The molecule has 0 aromatic carbocycles. The Kier molecular flexibility index (Phi) is 5.45. The lowest BCUT2D eigenvalue weighted by atomic mass is 10.4. The van der Waals surface area contributed by atoms with Crippen LogP contribution in [0.2, 0.25) is 0 Å². The van der Waals surface area contributed by atoms with E-state index in [2.05, 4.69) is 30.7 Å². The quantitative estimate of drug-likeness (QED) is 0.790. The van der Waals surface area contributed by atoms with Gasteiger partial charge in [-0.05, 0) is 27.7 Å². The van der Waals surface area contributed by atoms with Crippen molar-refractivity contribution in [2.24, 2.45) is 0 Å². The first kappa shape index (κ1) is 16.7. The number of rotatable bonds is 7. The molecule has 0 atom stereocenters. The summed E-state index contributed by atoms with van der Waals surface area (Å²) in [6.07, 6.45) is 0. The van der Waals surface area contributed by atoms with Crippen molar-refractivity contribution in [2.45, 2.75) is 40.3 Å². The molecule has 124 valence electrons. The number of anilines is 2. The summed E-state index contributed by atoms with van der Waals surface area (Å²) in [6, 6.07) is 3.15. The van der Waals surface area contributed by atoms with Gasteiger partial charge in [-0.25, -0.2) is 4.68 Å². The van der Waals surface area contributed by atoms with E-state index in [1.165, 1.54) is 16.8 Å². The molecule has 9 heteroatoms. The largest absolute Gasteiger partial charge is 0.403 e. The lowest BCUT2D eigenvalue weighted by Gasteiger charge is -2.11. The zero-order valence-corrected chi connectivity index (χ0v) is 13.7. The third-order valence-electron chi connectivity index (χ3n) is 2.71. The molecule has 2 heterocycles. The minimum absolute atomic E-state index is 0.105. The van der Waals surface area contributed by atoms with Crippen LogP contribution in [-0.2, 0) is 6.54 Å². The normalized spacial score (nSPS) is 10.7. The highest BCUT2D eigenvalue weighted by atomic mass is 16.5. The fraction of sp³-hybridized carbons (Fsp3) is 0.500. The van der Waals surface area contributed by atoms with Gasteiger partial charge in [-0.1, -0.05) is 0 Å². The van der Waals surface area contributed by atoms with Crippen molar-refractivity contribution in [2.75, 3.05) is 17.2 Å². The Morgan fingerprint density at radius 1 is 1.17 bits per heavy atom. The highest BCUT2D eigenvalue weighted by Crippen LogP contribution is 2.17. The summed E-state index contributed by atoms with van der Waals surface area (Å²) >= 11 is 0. The number of hydrogen-bond donors (Lipinski definition) is 2. The molecule has 0 aliphatic rings. The molecule has 0 saturated heterocycles. The number of nitrogens with zero attached hydrogens (tertiary/aromatic N) is 5. The maximum absolute atomic E-state index is 11.6. The molecule has 0 amide bonds. The van der Waals surface area contributed by atoms with E-state index >= 15 is 0 Å². The van der Waals surface area contributed by atoms with E-state index in [-0.39, 0.29) is 23.5 Å². The van der Waals surface area contributed by atoms with Crippen LogP contribution in [0.1, 0.15) is 27.7 Å². The summed E-state index contributed by atoms with van der Waals surface area (Å²) in [7, 11) is 0. The van der Waals surface area contributed by atoms with Crippen LogP contribution < -0.4 is 20.9 Å². The number of ether oxygens (including phenoxy) is 1. The second kappa shape index (κ2) is 7.52. The summed E-state index contributed by atoms with van der Waals surface area (Å²) in [5.41, 5.74) is -0.189. The molecule has 2 aromatic rings. The predicted octanol–water partition coefficient (Wildman–Crippen LogP) is 1.49. The first-order valence-electron chi connectivity index (χ1n) is 7.54. The van der Waals surface area contributed by atoms with Gasteiger partial charge in [0.2, 0.25) is 17.8 Å². The average Bonchev–Trinajstić information content (AvgIpc) is 2.48. The van der Waals surface area contributed by atoms with E-state index in [1.807, 2.05) is 27.7 Å². The summed E-state index contributed by atoms with van der Waals surface area (Å²) < 4.78 is 6.87. The van der Waals surface area contributed by atoms with Gasteiger partial charge in [-0.15, -0.1) is 5.10 Å². The zero-order chi connectivity index (χ0) is 16.8. The fourth-order valence-corrected chi connectivity index (χ4v) is 1.77. The van der Waals surface area contributed by atoms with Crippen molar-refractivity contribution in [3.05, 3.63) is 22.5 Å². The van der Waals surface area contributed by atoms with Gasteiger partial charge in [0.05, 0.1) is 0 Å². The summed E-state index contributed by atoms with van der Waals surface area (Å²) in [5, 5.41) is 10.2. The molecule has 2 aromatic heterocycles. The van der Waals surface area contributed by atoms with Crippen LogP contribution >= 0.6 is 0 Å². The number of aromatic nitrogens is 5. The van der Waals surface area contributed by atoms with E-state index in [0.717, 1.165) is 0 Å². The highest BCUT2D eigenvalue weighted by molar-refractivity contribution is 5.36. The summed E-state index contributed by atoms with van der Waals surface area (Å²) in [4.78, 5) is 24.2. The zero-order valence-electron chi connectivity index (χ0n) is 13.7. The molecule has 0 radical (unpaired) electrons. The van der Waals surface area contributed by atoms with Gasteiger partial charge in [0.1, 0.15) is 0 Å². The Balaban J connectivity index is 2.30. The monoisotopic (exact) mass is 319 g/mol. The third kappa shape index (κ3) is 4.63. The van der Waals surface area contributed by atoms with Gasteiger partial charge in [-0.2, -0.15) is 15.0 Å². The van der Waals surface area contributed by atoms with Crippen LogP contribution in [0.5, 0.6) is 11.9 Å². The Morgan fingerprint density at radius 2 is 1.91 bits per heavy atom. The first-order valence-corrected chi connectivity index (χ1v) is 7.54. The van der Waals surface area contributed by atoms with Crippen molar-refractivity contribution in [3.8, 4) is 11.9 Å². The van der Waals surface area contributed by atoms with E-state index in [0.29, 0.717) is 25.0 Å². The highest BCUT2D eigenvalue weighted by Gasteiger charge is 2.10. The Bertz CT molecular complexity index is 715. The summed E-state index contributed by atoms with van der Waals surface area (Å²) in [6.45, 7) is 8.86. The minimum Gasteiger partial charge on any atom is -0.403 e. The van der Waals surface area contributed by atoms with Gasteiger partial charge >= 0.3 is 6.01 Å². The number of aryl methyl sites for hydroxylation is 1. The smallest absolute Gasteiger partial charge is 0.330 e. The molecule has 0 fully saturated rings. The van der Waals surface area contributed by atoms with Crippen molar-refractivity contribution >= 4 is 11.9 Å². The standard InChI is InChI=1S/C14H21N7O2/c1-5-15-12-17-13(16-9(3)4)19-14(18-12)23-10-7-8-11(22)21(6-2)20-10/h7-9H,5-6H2,1-4H3,(H2,15,16,17,18,19). The van der Waals surface area contributed by atoms with E-state index < -0.39 is 0 Å². The molecule has 23 heavy (non-hydrogen) atoms. The van der Waals surface area contributed by atoms with E-state index in [4.69, 9.17) is 4.74 Å². The van der Waals surface area contributed by atoms with Crippen LogP contribution in [0.3, 0.4) is 0 Å². The molecule has 0 aliphatic carbocycles. The fourth-order valence-electron chi connectivity index (χ4n) is 1.77. The molecular weight excluding hydrogens is 298 g/mol.